The van der Waals surface area contributed by atoms with Crippen LogP contribution in [0.5, 0.6) is 0 Å². The van der Waals surface area contributed by atoms with E-state index in [1.807, 2.05) is 0 Å². The highest BCUT2D eigenvalue weighted by atomic mass is 16.6. The van der Waals surface area contributed by atoms with Crippen molar-refractivity contribution in [2.24, 2.45) is 0 Å². The second-order valence-electron chi connectivity index (χ2n) is 4.31. The molecule has 1 aliphatic rings. The first-order valence-electron chi connectivity index (χ1n) is 5.69. The minimum atomic E-state index is -1.19. The maximum absolute atomic E-state index is 9.95. The smallest absolute Gasteiger partial charge is 0.167 e. The van der Waals surface area contributed by atoms with Crippen molar-refractivity contribution >= 4 is 17.0 Å². The summed E-state index contributed by atoms with van der Waals surface area (Å²) in [6, 6.07) is 0. The van der Waals surface area contributed by atoms with E-state index < -0.39 is 31.1 Å². The number of fused-ring (bicyclic) bond motifs is 1. The van der Waals surface area contributed by atoms with Gasteiger partial charge >= 0.3 is 0 Å². The summed E-state index contributed by atoms with van der Waals surface area (Å²) in [5, 5.41) is 28.7. The van der Waals surface area contributed by atoms with Gasteiger partial charge in [0.25, 0.3) is 0 Å². The first-order chi connectivity index (χ1) is 9.13. The number of hydrogen-bond acceptors (Lipinski definition) is 8. The summed E-state index contributed by atoms with van der Waals surface area (Å²) in [5.41, 5.74) is 6.44. The van der Waals surface area contributed by atoms with Gasteiger partial charge in [0.15, 0.2) is 17.7 Å². The Kier molecular flexibility index (Phi) is 2.82. The van der Waals surface area contributed by atoms with Crippen LogP contribution in [-0.2, 0) is 4.74 Å². The lowest BCUT2D eigenvalue weighted by Gasteiger charge is -2.16. The van der Waals surface area contributed by atoms with E-state index >= 15 is 0 Å². The highest BCUT2D eigenvalue weighted by Gasteiger charge is 2.43. The van der Waals surface area contributed by atoms with Crippen molar-refractivity contribution in [3.8, 4) is 0 Å². The minimum Gasteiger partial charge on any atom is -0.394 e. The first kappa shape index (κ1) is 12.2. The van der Waals surface area contributed by atoms with Crippen LogP contribution in [0.25, 0.3) is 11.2 Å². The Morgan fingerprint density at radius 1 is 1.26 bits per heavy atom. The van der Waals surface area contributed by atoms with Gasteiger partial charge in [-0.3, -0.25) is 4.57 Å². The normalized spacial score (nSPS) is 31.1. The summed E-state index contributed by atoms with van der Waals surface area (Å²) >= 11 is 0. The molecule has 4 atom stereocenters. The van der Waals surface area contributed by atoms with Gasteiger partial charge in [0.1, 0.15) is 30.2 Å². The number of hydrogen-bond donors (Lipinski definition) is 4. The molecule has 0 aromatic carbocycles. The van der Waals surface area contributed by atoms with E-state index in [4.69, 9.17) is 15.6 Å². The van der Waals surface area contributed by atoms with E-state index in [-0.39, 0.29) is 5.82 Å². The van der Waals surface area contributed by atoms with E-state index in [9.17, 15) is 10.2 Å². The van der Waals surface area contributed by atoms with Crippen LogP contribution >= 0.6 is 0 Å². The molecule has 0 aliphatic carbocycles. The van der Waals surface area contributed by atoms with Crippen molar-refractivity contribution in [2.75, 3.05) is 12.3 Å². The number of aromatic nitrogens is 4. The van der Waals surface area contributed by atoms with Gasteiger partial charge in [-0.1, -0.05) is 0 Å². The van der Waals surface area contributed by atoms with Gasteiger partial charge in [0.2, 0.25) is 0 Å². The lowest BCUT2D eigenvalue weighted by atomic mass is 10.1. The molecule has 1 fully saturated rings. The number of nitrogen functional groups attached to an aromatic ring is 1. The molecule has 0 radical (unpaired) electrons. The molecule has 2 aromatic rings. The summed E-state index contributed by atoms with van der Waals surface area (Å²) in [6.07, 6.45) is -1.42. The van der Waals surface area contributed by atoms with Crippen LogP contribution in [0.4, 0.5) is 5.82 Å². The zero-order valence-corrected chi connectivity index (χ0v) is 9.79. The molecule has 5 N–H and O–H groups in total. The van der Waals surface area contributed by atoms with Gasteiger partial charge in [-0.2, -0.15) is 0 Å². The van der Waals surface area contributed by atoms with E-state index in [0.29, 0.717) is 11.2 Å². The predicted octanol–water partition coefficient (Wildman–Crippen LogP) is -1.98. The molecule has 0 saturated carbocycles. The molecule has 3 rings (SSSR count). The SMILES string of the molecule is Nc1ncnc2c1ncn2C1OC(CO)[C@@H](O)[C@H]1O. The summed E-state index contributed by atoms with van der Waals surface area (Å²) in [4.78, 5) is 11.9. The van der Waals surface area contributed by atoms with Gasteiger partial charge < -0.3 is 25.8 Å². The zero-order valence-electron chi connectivity index (χ0n) is 9.79. The second-order valence-corrected chi connectivity index (χ2v) is 4.31. The Hall–Kier alpha value is -1.81. The largest absolute Gasteiger partial charge is 0.394 e. The highest BCUT2D eigenvalue weighted by molar-refractivity contribution is 5.81. The van der Waals surface area contributed by atoms with E-state index in [1.165, 1.54) is 17.2 Å². The molecule has 19 heavy (non-hydrogen) atoms. The Balaban J connectivity index is 2.04. The van der Waals surface area contributed by atoms with Gasteiger partial charge in [-0.15, -0.1) is 0 Å². The van der Waals surface area contributed by atoms with Gasteiger partial charge in [-0.25, -0.2) is 15.0 Å². The monoisotopic (exact) mass is 267 g/mol. The zero-order chi connectivity index (χ0) is 13.6. The van der Waals surface area contributed by atoms with Crippen molar-refractivity contribution in [3.05, 3.63) is 12.7 Å². The summed E-state index contributed by atoms with van der Waals surface area (Å²) in [5.74, 6) is 0.218. The van der Waals surface area contributed by atoms with E-state index in [0.717, 1.165) is 0 Å². The van der Waals surface area contributed by atoms with E-state index in [1.54, 1.807) is 0 Å². The molecule has 0 spiro atoms. The quantitative estimate of drug-likeness (QED) is 0.491. The molecular weight excluding hydrogens is 254 g/mol. The molecule has 3 heterocycles. The number of nitrogens with two attached hydrogens (primary N) is 1. The molecule has 2 unspecified atom stereocenters. The van der Waals surface area contributed by atoms with Crippen molar-refractivity contribution < 1.29 is 20.1 Å². The third kappa shape index (κ3) is 1.75. The molecular formula is C10H13N5O4. The number of rotatable bonds is 2. The molecule has 2 aromatic heterocycles. The van der Waals surface area contributed by atoms with Crippen LogP contribution in [0.2, 0.25) is 0 Å². The summed E-state index contributed by atoms with van der Waals surface area (Å²) < 4.78 is 6.85. The number of nitrogens with zero attached hydrogens (tertiary/aromatic N) is 4. The average Bonchev–Trinajstić information content (AvgIpc) is 2.94. The highest BCUT2D eigenvalue weighted by Crippen LogP contribution is 2.31. The molecule has 1 aliphatic heterocycles. The number of anilines is 1. The van der Waals surface area contributed by atoms with Crippen LogP contribution in [0.15, 0.2) is 12.7 Å². The maximum Gasteiger partial charge on any atom is 0.167 e. The molecule has 0 bridgehead atoms. The van der Waals surface area contributed by atoms with Crippen molar-refractivity contribution in [2.45, 2.75) is 24.5 Å². The fourth-order valence-corrected chi connectivity index (χ4v) is 2.17. The lowest BCUT2D eigenvalue weighted by molar-refractivity contribution is -0.0511. The second kappa shape index (κ2) is 4.38. The van der Waals surface area contributed by atoms with Crippen molar-refractivity contribution in [3.63, 3.8) is 0 Å². The molecule has 9 nitrogen and oxygen atoms in total. The van der Waals surface area contributed by atoms with Crippen LogP contribution in [-0.4, -0.2) is 59.8 Å². The third-order valence-corrected chi connectivity index (χ3v) is 3.18. The van der Waals surface area contributed by atoms with Crippen LogP contribution in [0.3, 0.4) is 0 Å². The first-order valence-corrected chi connectivity index (χ1v) is 5.69. The standard InChI is InChI=1S/C10H13N5O4/c11-8-5-9(13-2-12-8)15(3-14-5)10-7(18)6(17)4(1-16)19-10/h2-4,6-7,10,16-18H,1H2,(H2,11,12,13)/t4?,6-,7-,10?/m1/s1. The van der Waals surface area contributed by atoms with E-state index in [2.05, 4.69) is 15.0 Å². The Labute approximate surface area is 107 Å². The molecule has 0 amide bonds. The lowest BCUT2D eigenvalue weighted by Crippen LogP contribution is -2.33. The molecule has 102 valence electrons. The molecule has 1 saturated heterocycles. The topological polar surface area (TPSA) is 140 Å². The summed E-state index contributed by atoms with van der Waals surface area (Å²) in [7, 11) is 0. The van der Waals surface area contributed by atoms with Gasteiger partial charge in [-0.05, 0) is 0 Å². The molecule has 9 heteroatoms. The fraction of sp³-hybridized carbons (Fsp3) is 0.500. The Morgan fingerprint density at radius 3 is 2.74 bits per heavy atom. The van der Waals surface area contributed by atoms with Gasteiger partial charge in [0.05, 0.1) is 12.9 Å². The van der Waals surface area contributed by atoms with Crippen LogP contribution < -0.4 is 5.73 Å². The third-order valence-electron chi connectivity index (χ3n) is 3.18. The number of aliphatic hydroxyl groups excluding tert-OH is 3. The summed E-state index contributed by atoms with van der Waals surface area (Å²) in [6.45, 7) is -0.390. The number of imidazole rings is 1. The van der Waals surface area contributed by atoms with Crippen LogP contribution in [0, 0.1) is 0 Å². The van der Waals surface area contributed by atoms with Crippen molar-refractivity contribution in [1.82, 2.24) is 19.5 Å². The Morgan fingerprint density at radius 2 is 2.05 bits per heavy atom. The van der Waals surface area contributed by atoms with Crippen LogP contribution in [0.1, 0.15) is 6.23 Å². The Bertz CT molecular complexity index is 603. The maximum atomic E-state index is 9.95. The average molecular weight is 267 g/mol. The fourth-order valence-electron chi connectivity index (χ4n) is 2.17. The predicted molar refractivity (Wildman–Crippen MR) is 62.7 cm³/mol. The van der Waals surface area contributed by atoms with Crippen molar-refractivity contribution in [1.29, 1.82) is 0 Å². The minimum absolute atomic E-state index is 0.218. The number of ether oxygens (including phenoxy) is 1. The number of aliphatic hydroxyl groups is 3. The van der Waals surface area contributed by atoms with Gasteiger partial charge in [0, 0.05) is 0 Å².